The number of nitrogens with one attached hydrogen (secondary N) is 1. The van der Waals surface area contributed by atoms with Crippen molar-refractivity contribution in [2.24, 2.45) is 5.92 Å². The molecule has 1 fully saturated rings. The number of nitrogens with zero attached hydrogens (tertiary/aromatic N) is 1. The van der Waals surface area contributed by atoms with Gasteiger partial charge in [0.1, 0.15) is 0 Å². The molecule has 1 rings (SSSR count). The van der Waals surface area contributed by atoms with Crippen LogP contribution in [0, 0.1) is 5.92 Å². The van der Waals surface area contributed by atoms with Gasteiger partial charge < -0.3 is 15.0 Å². The van der Waals surface area contributed by atoms with Crippen LogP contribution in [0.1, 0.15) is 39.5 Å². The number of hydrogen-bond acceptors (Lipinski definition) is 3. The molecule has 1 aliphatic rings. The van der Waals surface area contributed by atoms with Gasteiger partial charge in [-0.2, -0.15) is 0 Å². The second kappa shape index (κ2) is 8.90. The SMILES string of the molecule is CCCC1CCN(CC(COC)NCC)CC1. The lowest BCUT2D eigenvalue weighted by atomic mass is 9.92. The largest absolute Gasteiger partial charge is 0.383 e. The second-order valence-corrected chi connectivity index (χ2v) is 5.24. The highest BCUT2D eigenvalue weighted by atomic mass is 16.5. The average Bonchev–Trinajstić information content (AvgIpc) is 2.33. The highest BCUT2D eigenvalue weighted by Crippen LogP contribution is 2.21. The van der Waals surface area contributed by atoms with E-state index in [-0.39, 0.29) is 0 Å². The van der Waals surface area contributed by atoms with Gasteiger partial charge in [-0.15, -0.1) is 0 Å². The number of piperidine rings is 1. The number of likely N-dealkylation sites (N-methyl/N-ethyl adjacent to an activating group) is 1. The minimum atomic E-state index is 0.493. The van der Waals surface area contributed by atoms with Crippen LogP contribution in [0.5, 0.6) is 0 Å². The summed E-state index contributed by atoms with van der Waals surface area (Å²) in [6.45, 7) is 10.00. The van der Waals surface area contributed by atoms with E-state index in [0.717, 1.165) is 25.6 Å². The maximum absolute atomic E-state index is 5.27. The van der Waals surface area contributed by atoms with Crippen LogP contribution in [0.15, 0.2) is 0 Å². The minimum Gasteiger partial charge on any atom is -0.383 e. The van der Waals surface area contributed by atoms with Crippen molar-refractivity contribution in [1.29, 1.82) is 0 Å². The molecule has 3 heteroatoms. The van der Waals surface area contributed by atoms with Gasteiger partial charge in [0, 0.05) is 19.7 Å². The number of methoxy groups -OCH3 is 1. The normalized spacial score (nSPS) is 20.6. The third-order valence-corrected chi connectivity index (χ3v) is 3.74. The van der Waals surface area contributed by atoms with Gasteiger partial charge in [0.05, 0.1) is 6.61 Å². The molecule has 0 saturated carbocycles. The molecule has 0 aromatic rings. The van der Waals surface area contributed by atoms with E-state index in [4.69, 9.17) is 4.74 Å². The van der Waals surface area contributed by atoms with Gasteiger partial charge in [0.15, 0.2) is 0 Å². The van der Waals surface area contributed by atoms with Crippen LogP contribution < -0.4 is 5.32 Å². The Balaban J connectivity index is 2.22. The second-order valence-electron chi connectivity index (χ2n) is 5.24. The van der Waals surface area contributed by atoms with Gasteiger partial charge in [-0.1, -0.05) is 26.7 Å². The lowest BCUT2D eigenvalue weighted by Crippen LogP contribution is -2.46. The first-order valence-corrected chi connectivity index (χ1v) is 7.24. The van der Waals surface area contributed by atoms with Gasteiger partial charge in [-0.25, -0.2) is 0 Å². The van der Waals surface area contributed by atoms with E-state index in [9.17, 15) is 0 Å². The standard InChI is InChI=1S/C14H30N2O/c1-4-6-13-7-9-16(10-8-13)11-14(12-17-3)15-5-2/h13-15H,4-12H2,1-3H3. The van der Waals surface area contributed by atoms with Crippen LogP contribution in [0.2, 0.25) is 0 Å². The van der Waals surface area contributed by atoms with Gasteiger partial charge in [-0.05, 0) is 38.4 Å². The number of ether oxygens (including phenoxy) is 1. The van der Waals surface area contributed by atoms with Crippen molar-refractivity contribution in [2.45, 2.75) is 45.6 Å². The molecule has 1 N–H and O–H groups in total. The average molecular weight is 242 g/mol. The third kappa shape index (κ3) is 5.84. The fraction of sp³-hybridized carbons (Fsp3) is 1.00. The van der Waals surface area contributed by atoms with E-state index < -0.39 is 0 Å². The predicted molar refractivity (Wildman–Crippen MR) is 73.4 cm³/mol. The minimum absolute atomic E-state index is 0.493. The topological polar surface area (TPSA) is 24.5 Å². The molecule has 0 bridgehead atoms. The highest BCUT2D eigenvalue weighted by Gasteiger charge is 2.20. The number of rotatable bonds is 8. The maximum Gasteiger partial charge on any atom is 0.0628 e. The Labute approximate surface area is 107 Å². The van der Waals surface area contributed by atoms with Crippen LogP contribution in [0.3, 0.4) is 0 Å². The Morgan fingerprint density at radius 3 is 2.53 bits per heavy atom. The van der Waals surface area contributed by atoms with Gasteiger partial charge in [0.25, 0.3) is 0 Å². The summed E-state index contributed by atoms with van der Waals surface area (Å²) in [5, 5.41) is 3.50. The summed E-state index contributed by atoms with van der Waals surface area (Å²) in [7, 11) is 1.79. The van der Waals surface area contributed by atoms with Crippen molar-refractivity contribution in [3.05, 3.63) is 0 Å². The Morgan fingerprint density at radius 2 is 2.00 bits per heavy atom. The molecule has 1 unspecified atom stereocenters. The van der Waals surface area contributed by atoms with Crippen molar-refractivity contribution in [2.75, 3.05) is 39.9 Å². The van der Waals surface area contributed by atoms with E-state index in [0.29, 0.717) is 6.04 Å². The van der Waals surface area contributed by atoms with E-state index in [1.807, 2.05) is 0 Å². The first kappa shape index (κ1) is 14.9. The van der Waals surface area contributed by atoms with Crippen molar-refractivity contribution < 1.29 is 4.74 Å². The highest BCUT2D eigenvalue weighted by molar-refractivity contribution is 4.77. The summed E-state index contributed by atoms with van der Waals surface area (Å²) in [4.78, 5) is 2.60. The molecule has 0 aromatic carbocycles. The molecule has 1 saturated heterocycles. The van der Waals surface area contributed by atoms with Crippen molar-refractivity contribution in [1.82, 2.24) is 10.2 Å². The Morgan fingerprint density at radius 1 is 1.29 bits per heavy atom. The van der Waals surface area contributed by atoms with Crippen LogP contribution in [-0.2, 0) is 4.74 Å². The van der Waals surface area contributed by atoms with Crippen LogP contribution >= 0.6 is 0 Å². The molecule has 0 radical (unpaired) electrons. The maximum atomic E-state index is 5.27. The quantitative estimate of drug-likeness (QED) is 0.705. The molecule has 102 valence electrons. The fourth-order valence-corrected chi connectivity index (χ4v) is 2.84. The molecule has 0 aliphatic carbocycles. The van der Waals surface area contributed by atoms with E-state index >= 15 is 0 Å². The lowest BCUT2D eigenvalue weighted by molar-refractivity contribution is 0.117. The van der Waals surface area contributed by atoms with Crippen molar-refractivity contribution >= 4 is 0 Å². The van der Waals surface area contributed by atoms with E-state index in [1.54, 1.807) is 7.11 Å². The molecule has 3 nitrogen and oxygen atoms in total. The molecule has 1 heterocycles. The van der Waals surface area contributed by atoms with Crippen LogP contribution in [0.25, 0.3) is 0 Å². The summed E-state index contributed by atoms with van der Waals surface area (Å²) in [6.07, 6.45) is 5.54. The molecular formula is C14H30N2O. The summed E-state index contributed by atoms with van der Waals surface area (Å²) in [6, 6.07) is 0.493. The molecule has 1 aliphatic heterocycles. The van der Waals surface area contributed by atoms with Gasteiger partial charge in [0.2, 0.25) is 0 Å². The molecular weight excluding hydrogens is 212 g/mol. The first-order valence-electron chi connectivity index (χ1n) is 7.24. The zero-order chi connectivity index (χ0) is 12.5. The molecule has 1 atom stereocenters. The molecule has 0 amide bonds. The monoisotopic (exact) mass is 242 g/mol. The van der Waals surface area contributed by atoms with Crippen LogP contribution in [-0.4, -0.2) is 50.8 Å². The smallest absolute Gasteiger partial charge is 0.0628 e. The van der Waals surface area contributed by atoms with Crippen molar-refractivity contribution in [3.63, 3.8) is 0 Å². The molecule has 0 aromatic heterocycles. The zero-order valence-corrected chi connectivity index (χ0v) is 11.9. The summed E-state index contributed by atoms with van der Waals surface area (Å²) >= 11 is 0. The summed E-state index contributed by atoms with van der Waals surface area (Å²) in [5.74, 6) is 0.983. The lowest BCUT2D eigenvalue weighted by Gasteiger charge is -2.34. The Kier molecular flexibility index (Phi) is 7.82. The van der Waals surface area contributed by atoms with E-state index in [1.165, 1.54) is 38.8 Å². The Hall–Kier alpha value is -0.120. The number of hydrogen-bond donors (Lipinski definition) is 1. The van der Waals surface area contributed by atoms with Crippen molar-refractivity contribution in [3.8, 4) is 0 Å². The fourth-order valence-electron chi connectivity index (χ4n) is 2.84. The first-order chi connectivity index (χ1) is 8.30. The number of likely N-dealkylation sites (tertiary alicyclic amines) is 1. The summed E-state index contributed by atoms with van der Waals surface area (Å²) < 4.78 is 5.27. The molecule has 17 heavy (non-hydrogen) atoms. The van der Waals surface area contributed by atoms with Gasteiger partial charge in [-0.3, -0.25) is 0 Å². The van der Waals surface area contributed by atoms with Gasteiger partial charge >= 0.3 is 0 Å². The predicted octanol–water partition coefficient (Wildman–Crippen LogP) is 2.12. The summed E-state index contributed by atoms with van der Waals surface area (Å²) in [5.41, 5.74) is 0. The van der Waals surface area contributed by atoms with E-state index in [2.05, 4.69) is 24.1 Å². The third-order valence-electron chi connectivity index (χ3n) is 3.74. The Bertz CT molecular complexity index is 173. The van der Waals surface area contributed by atoms with Crippen LogP contribution in [0.4, 0.5) is 0 Å². The zero-order valence-electron chi connectivity index (χ0n) is 11.9. The molecule has 0 spiro atoms.